The first kappa shape index (κ1) is 18.4. The molecular weight excluding hydrogens is 336 g/mol. The number of amides is 1. The smallest absolute Gasteiger partial charge is 0.277 e. The van der Waals surface area contributed by atoms with Gasteiger partial charge >= 0.3 is 0 Å². The van der Waals surface area contributed by atoms with E-state index in [2.05, 4.69) is 22.7 Å². The minimum absolute atomic E-state index is 0.0834. The number of ether oxygens (including phenoxy) is 1. The largest absolute Gasteiger partial charge is 0.484 e. The summed E-state index contributed by atoms with van der Waals surface area (Å²) in [5.41, 5.74) is 6.64. The topological polar surface area (TPSA) is 50.7 Å². The van der Waals surface area contributed by atoms with Gasteiger partial charge in [0.25, 0.3) is 5.91 Å². The first-order chi connectivity index (χ1) is 13.3. The summed E-state index contributed by atoms with van der Waals surface area (Å²) in [7, 11) is 0. The van der Waals surface area contributed by atoms with Gasteiger partial charge in [-0.15, -0.1) is 0 Å². The fourth-order valence-corrected chi connectivity index (χ4v) is 2.66. The molecule has 0 atom stereocenters. The van der Waals surface area contributed by atoms with Gasteiger partial charge in [0.05, 0.1) is 5.71 Å². The van der Waals surface area contributed by atoms with E-state index in [-0.39, 0.29) is 12.5 Å². The summed E-state index contributed by atoms with van der Waals surface area (Å²) in [5, 5.41) is 4.22. The van der Waals surface area contributed by atoms with E-state index in [0.29, 0.717) is 5.75 Å². The molecule has 0 aliphatic carbocycles. The zero-order valence-corrected chi connectivity index (χ0v) is 15.3. The summed E-state index contributed by atoms with van der Waals surface area (Å²) in [6.45, 7) is 1.92. The predicted molar refractivity (Wildman–Crippen MR) is 109 cm³/mol. The molecule has 136 valence electrons. The van der Waals surface area contributed by atoms with Crippen molar-refractivity contribution in [1.29, 1.82) is 0 Å². The average Bonchev–Trinajstić information content (AvgIpc) is 2.74. The fraction of sp³-hybridized carbons (Fsp3) is 0.130. The number of rotatable bonds is 7. The summed E-state index contributed by atoms with van der Waals surface area (Å²) in [5.74, 6) is 0.358. The van der Waals surface area contributed by atoms with Gasteiger partial charge in [-0.2, -0.15) is 5.10 Å². The molecule has 0 aliphatic rings. The molecule has 0 bridgehead atoms. The van der Waals surface area contributed by atoms with Crippen molar-refractivity contribution < 1.29 is 9.53 Å². The van der Waals surface area contributed by atoms with Crippen molar-refractivity contribution in [3.05, 3.63) is 90.5 Å². The molecule has 0 spiro atoms. The quantitative estimate of drug-likeness (QED) is 0.493. The minimum Gasteiger partial charge on any atom is -0.484 e. The molecule has 0 radical (unpaired) electrons. The Balaban J connectivity index is 1.54. The molecule has 0 heterocycles. The number of carbonyl (C=O) groups excluding carboxylic acids is 1. The van der Waals surface area contributed by atoms with Crippen molar-refractivity contribution in [2.45, 2.75) is 13.3 Å². The van der Waals surface area contributed by atoms with Crippen LogP contribution in [0, 0.1) is 0 Å². The third kappa shape index (κ3) is 5.28. The van der Waals surface area contributed by atoms with Gasteiger partial charge in [-0.25, -0.2) is 5.43 Å². The lowest BCUT2D eigenvalue weighted by Gasteiger charge is -2.08. The van der Waals surface area contributed by atoms with E-state index in [1.807, 2.05) is 79.7 Å². The van der Waals surface area contributed by atoms with Gasteiger partial charge in [0.1, 0.15) is 5.75 Å². The summed E-state index contributed by atoms with van der Waals surface area (Å²) < 4.78 is 5.55. The lowest BCUT2D eigenvalue weighted by Crippen LogP contribution is -2.26. The van der Waals surface area contributed by atoms with Crippen LogP contribution in [0.3, 0.4) is 0 Å². The molecule has 0 saturated carbocycles. The second-order valence-electron chi connectivity index (χ2n) is 5.99. The summed E-state index contributed by atoms with van der Waals surface area (Å²) in [6.07, 6.45) is 0.728. The van der Waals surface area contributed by atoms with Gasteiger partial charge in [-0.1, -0.05) is 79.7 Å². The van der Waals surface area contributed by atoms with Crippen molar-refractivity contribution in [3.8, 4) is 16.9 Å². The Bertz CT molecular complexity index is 889. The maximum atomic E-state index is 12.0. The molecule has 3 rings (SSSR count). The molecule has 0 saturated heterocycles. The Morgan fingerprint density at radius 1 is 0.852 bits per heavy atom. The summed E-state index contributed by atoms with van der Waals surface area (Å²) in [6, 6.07) is 27.6. The van der Waals surface area contributed by atoms with Gasteiger partial charge in [-0.3, -0.25) is 4.79 Å². The number of nitrogens with one attached hydrogen (secondary N) is 1. The van der Waals surface area contributed by atoms with Crippen LogP contribution in [-0.2, 0) is 4.79 Å². The van der Waals surface area contributed by atoms with Crippen molar-refractivity contribution in [1.82, 2.24) is 5.43 Å². The molecule has 3 aromatic carbocycles. The Morgan fingerprint density at radius 2 is 1.44 bits per heavy atom. The highest BCUT2D eigenvalue weighted by Crippen LogP contribution is 2.21. The molecule has 4 heteroatoms. The number of hydrazone groups is 1. The van der Waals surface area contributed by atoms with Crippen LogP contribution < -0.4 is 10.2 Å². The van der Waals surface area contributed by atoms with Crippen LogP contribution in [0.15, 0.2) is 90.0 Å². The molecule has 1 N–H and O–H groups in total. The van der Waals surface area contributed by atoms with Crippen LogP contribution >= 0.6 is 0 Å². The Hall–Kier alpha value is -3.40. The van der Waals surface area contributed by atoms with E-state index in [1.54, 1.807) is 0 Å². The highest BCUT2D eigenvalue weighted by atomic mass is 16.5. The van der Waals surface area contributed by atoms with Crippen LogP contribution in [-0.4, -0.2) is 18.2 Å². The van der Waals surface area contributed by atoms with E-state index in [9.17, 15) is 4.79 Å². The molecule has 4 nitrogen and oxygen atoms in total. The van der Waals surface area contributed by atoms with Gasteiger partial charge in [0.15, 0.2) is 6.61 Å². The van der Waals surface area contributed by atoms with Crippen molar-refractivity contribution in [2.75, 3.05) is 6.61 Å². The molecular formula is C23H22N2O2. The van der Waals surface area contributed by atoms with Crippen LogP contribution in [0.4, 0.5) is 0 Å². The van der Waals surface area contributed by atoms with Gasteiger partial charge in [-0.05, 0) is 35.2 Å². The number of hydrogen-bond donors (Lipinski definition) is 1. The van der Waals surface area contributed by atoms with Gasteiger partial charge < -0.3 is 4.74 Å². The second kappa shape index (κ2) is 9.34. The highest BCUT2D eigenvalue weighted by molar-refractivity contribution is 6.00. The van der Waals surface area contributed by atoms with Crippen molar-refractivity contribution in [2.24, 2.45) is 5.10 Å². The summed E-state index contributed by atoms with van der Waals surface area (Å²) in [4.78, 5) is 12.0. The molecule has 0 aromatic heterocycles. The van der Waals surface area contributed by atoms with Crippen LogP contribution in [0.1, 0.15) is 18.9 Å². The van der Waals surface area contributed by atoms with E-state index in [4.69, 9.17) is 4.74 Å². The average molecular weight is 358 g/mol. The lowest BCUT2D eigenvalue weighted by atomic mass is 10.1. The normalized spacial score (nSPS) is 11.1. The summed E-state index contributed by atoms with van der Waals surface area (Å²) >= 11 is 0. The molecule has 1 amide bonds. The van der Waals surface area contributed by atoms with E-state index in [1.165, 1.54) is 0 Å². The van der Waals surface area contributed by atoms with Gasteiger partial charge in [0, 0.05) is 0 Å². The first-order valence-electron chi connectivity index (χ1n) is 8.95. The highest BCUT2D eigenvalue weighted by Gasteiger charge is 2.05. The molecule has 27 heavy (non-hydrogen) atoms. The molecule has 0 aliphatic heterocycles. The Kier molecular flexibility index (Phi) is 6.36. The number of nitrogens with zero attached hydrogens (tertiary/aromatic N) is 1. The number of benzene rings is 3. The van der Waals surface area contributed by atoms with E-state index >= 15 is 0 Å². The van der Waals surface area contributed by atoms with Crippen LogP contribution in [0.2, 0.25) is 0 Å². The zero-order valence-electron chi connectivity index (χ0n) is 15.3. The molecule has 3 aromatic rings. The number of carbonyl (C=O) groups is 1. The SMILES string of the molecule is CC/C(=N\NC(=O)COc1ccc(-c2ccccc2)cc1)c1ccccc1. The maximum absolute atomic E-state index is 12.0. The first-order valence-corrected chi connectivity index (χ1v) is 8.95. The lowest BCUT2D eigenvalue weighted by molar-refractivity contribution is -0.123. The van der Waals surface area contributed by atoms with Gasteiger partial charge in [0.2, 0.25) is 0 Å². The van der Waals surface area contributed by atoms with Crippen LogP contribution in [0.25, 0.3) is 11.1 Å². The third-order valence-electron chi connectivity index (χ3n) is 4.09. The Morgan fingerprint density at radius 3 is 2.07 bits per heavy atom. The maximum Gasteiger partial charge on any atom is 0.277 e. The fourth-order valence-electron chi connectivity index (χ4n) is 2.66. The second-order valence-corrected chi connectivity index (χ2v) is 5.99. The predicted octanol–water partition coefficient (Wildman–Crippen LogP) is 4.66. The van der Waals surface area contributed by atoms with E-state index < -0.39 is 0 Å². The molecule has 0 fully saturated rings. The zero-order chi connectivity index (χ0) is 18.9. The van der Waals surface area contributed by atoms with Crippen LogP contribution in [0.5, 0.6) is 5.75 Å². The molecule has 0 unspecified atom stereocenters. The van der Waals surface area contributed by atoms with Crippen molar-refractivity contribution >= 4 is 11.6 Å². The standard InChI is InChI=1S/C23H22N2O2/c1-2-22(20-11-7-4-8-12-20)24-25-23(26)17-27-21-15-13-19(14-16-21)18-9-5-3-6-10-18/h3-16H,2,17H2,1H3,(H,25,26)/b24-22+. The van der Waals surface area contributed by atoms with E-state index in [0.717, 1.165) is 28.8 Å². The number of hydrogen-bond acceptors (Lipinski definition) is 3. The van der Waals surface area contributed by atoms with Crippen molar-refractivity contribution in [3.63, 3.8) is 0 Å². The minimum atomic E-state index is -0.288. The Labute approximate surface area is 159 Å². The monoisotopic (exact) mass is 358 g/mol. The third-order valence-corrected chi connectivity index (χ3v) is 4.09.